The molecule has 2 unspecified atom stereocenters. The average molecular weight is 440 g/mol. The summed E-state index contributed by atoms with van der Waals surface area (Å²) in [4.78, 5) is 31.0. The highest BCUT2D eigenvalue weighted by molar-refractivity contribution is 8.15. The van der Waals surface area contributed by atoms with Gasteiger partial charge >= 0.3 is 5.97 Å². The maximum atomic E-state index is 13.1. The third kappa shape index (κ3) is 5.26. The number of thioether (sulfide) groups is 1. The Morgan fingerprint density at radius 3 is 2.55 bits per heavy atom. The molecule has 0 bridgehead atoms. The van der Waals surface area contributed by atoms with Gasteiger partial charge in [0.05, 0.1) is 23.1 Å². The average Bonchev–Trinajstić information content (AvgIpc) is 3.54. The lowest BCUT2D eigenvalue weighted by atomic mass is 10.2. The van der Waals surface area contributed by atoms with Crippen LogP contribution in [0.1, 0.15) is 36.5 Å². The molecule has 7 nitrogen and oxygen atoms in total. The molecule has 2 N–H and O–H groups in total. The fourth-order valence-corrected chi connectivity index (χ4v) is 4.46. The molecule has 0 aromatic heterocycles. The van der Waals surface area contributed by atoms with E-state index in [9.17, 15) is 14.7 Å². The van der Waals surface area contributed by atoms with Gasteiger partial charge in [-0.1, -0.05) is 30.0 Å². The molecule has 8 heteroatoms. The number of carbonyl (C=O) groups excluding carboxylic acids is 2. The number of nitrogens with zero attached hydrogens (tertiary/aromatic N) is 2. The number of carbonyl (C=O) groups is 2. The number of hydrogen-bond donors (Lipinski definition) is 2. The first-order valence-corrected chi connectivity index (χ1v) is 11.3. The van der Waals surface area contributed by atoms with E-state index < -0.39 is 17.4 Å². The monoisotopic (exact) mass is 439 g/mol. The Morgan fingerprint density at radius 1 is 1.19 bits per heavy atom. The Morgan fingerprint density at radius 2 is 1.90 bits per heavy atom. The van der Waals surface area contributed by atoms with E-state index in [2.05, 4.69) is 10.3 Å². The largest absolute Gasteiger partial charge is 0.462 e. The van der Waals surface area contributed by atoms with E-state index in [0.717, 1.165) is 18.5 Å². The number of ether oxygens (including phenoxy) is 1. The Hall–Kier alpha value is -2.84. The minimum Gasteiger partial charge on any atom is -0.462 e. The van der Waals surface area contributed by atoms with Gasteiger partial charge in [0.1, 0.15) is 6.23 Å². The van der Waals surface area contributed by atoms with Crippen LogP contribution >= 0.6 is 11.8 Å². The van der Waals surface area contributed by atoms with Gasteiger partial charge in [-0.05, 0) is 56.2 Å². The van der Waals surface area contributed by atoms with Crippen molar-refractivity contribution in [1.29, 1.82) is 0 Å². The van der Waals surface area contributed by atoms with Crippen LogP contribution < -0.4 is 10.2 Å². The lowest BCUT2D eigenvalue weighted by Crippen LogP contribution is -2.34. The van der Waals surface area contributed by atoms with Crippen LogP contribution in [0.3, 0.4) is 0 Å². The molecule has 1 saturated carbocycles. The molecule has 2 fully saturated rings. The zero-order valence-electron chi connectivity index (χ0n) is 17.2. The van der Waals surface area contributed by atoms with Crippen molar-refractivity contribution in [1.82, 2.24) is 5.32 Å². The minimum absolute atomic E-state index is 0.181. The maximum Gasteiger partial charge on any atom is 0.338 e. The van der Waals surface area contributed by atoms with Crippen molar-refractivity contribution < 1.29 is 19.4 Å². The lowest BCUT2D eigenvalue weighted by Gasteiger charge is -2.21. The predicted octanol–water partition coefficient (Wildman–Crippen LogP) is 3.46. The first-order chi connectivity index (χ1) is 15.0. The van der Waals surface area contributed by atoms with Crippen LogP contribution in [0, 0.1) is 0 Å². The van der Waals surface area contributed by atoms with Crippen molar-refractivity contribution in [2.75, 3.05) is 11.5 Å². The Labute approximate surface area is 185 Å². The number of esters is 1. The molecule has 2 aromatic carbocycles. The molecule has 0 spiro atoms. The quantitative estimate of drug-likeness (QED) is 0.407. The predicted molar refractivity (Wildman–Crippen MR) is 122 cm³/mol. The second-order valence-corrected chi connectivity index (χ2v) is 8.66. The molecule has 1 heterocycles. The molecule has 31 heavy (non-hydrogen) atoms. The number of amides is 1. The highest BCUT2D eigenvalue weighted by Crippen LogP contribution is 2.34. The van der Waals surface area contributed by atoms with Crippen LogP contribution in [0.15, 0.2) is 59.6 Å². The van der Waals surface area contributed by atoms with Crippen molar-refractivity contribution in [3.63, 3.8) is 0 Å². The number of nitrogens with one attached hydrogen (secondary N) is 1. The molecule has 1 aliphatic carbocycles. The molecule has 2 atom stereocenters. The summed E-state index contributed by atoms with van der Waals surface area (Å²) in [6.07, 6.45) is 1.55. The number of amidine groups is 1. The van der Waals surface area contributed by atoms with Gasteiger partial charge in [-0.2, -0.15) is 0 Å². The van der Waals surface area contributed by atoms with Gasteiger partial charge in [0.15, 0.2) is 5.17 Å². The van der Waals surface area contributed by atoms with Gasteiger partial charge in [-0.25, -0.2) is 9.79 Å². The van der Waals surface area contributed by atoms with Gasteiger partial charge in [-0.3, -0.25) is 9.69 Å². The summed E-state index contributed by atoms with van der Waals surface area (Å²) in [6, 6.07) is 16.5. The van der Waals surface area contributed by atoms with Gasteiger partial charge in [0.25, 0.3) is 0 Å². The van der Waals surface area contributed by atoms with Gasteiger partial charge in [0, 0.05) is 18.2 Å². The van der Waals surface area contributed by atoms with Crippen molar-refractivity contribution in [3.05, 3.63) is 60.2 Å². The smallest absolute Gasteiger partial charge is 0.338 e. The van der Waals surface area contributed by atoms with E-state index >= 15 is 0 Å². The third-order valence-corrected chi connectivity index (χ3v) is 6.15. The minimum atomic E-state index is -0.933. The number of aliphatic imine (C=N–C) groups is 1. The van der Waals surface area contributed by atoms with E-state index in [0.29, 0.717) is 35.5 Å². The third-order valence-electron chi connectivity index (χ3n) is 5.04. The van der Waals surface area contributed by atoms with Gasteiger partial charge < -0.3 is 15.2 Å². The number of benzene rings is 2. The fraction of sp³-hybridized carbons (Fsp3) is 0.348. The standard InChI is InChI=1S/C23H25N3O4S/c1-2-30-22(29)15-8-12-18(13-9-15)26-20(27)14-19(21(26)28)31-23(25-17-10-11-17)24-16-6-4-3-5-7-16/h3-9,12-13,17,19-20,27H,2,10-11,14H2,1H3,(H,24,25). The van der Waals surface area contributed by atoms with Gasteiger partial charge in [0.2, 0.25) is 5.91 Å². The molecular formula is C23H25N3O4S. The molecule has 162 valence electrons. The Balaban J connectivity index is 1.48. The van der Waals surface area contributed by atoms with Crippen LogP contribution in [-0.2, 0) is 9.53 Å². The van der Waals surface area contributed by atoms with Crippen molar-refractivity contribution >= 4 is 40.2 Å². The van der Waals surface area contributed by atoms with Crippen LogP contribution in [0.4, 0.5) is 11.4 Å². The summed E-state index contributed by atoms with van der Waals surface area (Å²) in [5, 5.41) is 14.2. The number of aliphatic hydroxyl groups excluding tert-OH is 1. The molecule has 4 rings (SSSR count). The highest BCUT2D eigenvalue weighted by Gasteiger charge is 2.41. The topological polar surface area (TPSA) is 91.2 Å². The molecule has 1 aliphatic heterocycles. The molecule has 1 saturated heterocycles. The number of aliphatic hydroxyl groups is 1. The number of hydrogen-bond acceptors (Lipinski definition) is 6. The fourth-order valence-electron chi connectivity index (χ4n) is 3.32. The number of anilines is 1. The van der Waals surface area contributed by atoms with Crippen LogP contribution in [0.5, 0.6) is 0 Å². The normalized spacial score (nSPS) is 21.3. The first-order valence-electron chi connectivity index (χ1n) is 10.4. The van der Waals surface area contributed by atoms with E-state index in [4.69, 9.17) is 4.74 Å². The van der Waals surface area contributed by atoms with Crippen molar-refractivity contribution in [2.45, 2.75) is 43.7 Å². The number of para-hydroxylation sites is 1. The van der Waals surface area contributed by atoms with Crippen LogP contribution in [0.2, 0.25) is 0 Å². The summed E-state index contributed by atoms with van der Waals surface area (Å²) >= 11 is 1.35. The van der Waals surface area contributed by atoms with E-state index in [1.807, 2.05) is 30.3 Å². The molecular weight excluding hydrogens is 414 g/mol. The SMILES string of the molecule is CCOC(=O)c1ccc(N2C(=O)C(S/C(=N/c3ccccc3)NC3CC3)CC2O)cc1. The van der Waals surface area contributed by atoms with Crippen molar-refractivity contribution in [3.8, 4) is 0 Å². The molecule has 2 aliphatic rings. The summed E-state index contributed by atoms with van der Waals surface area (Å²) in [5.74, 6) is -0.594. The first kappa shape index (κ1) is 21.4. The Bertz CT molecular complexity index is 961. The summed E-state index contributed by atoms with van der Waals surface area (Å²) in [5.41, 5.74) is 1.77. The second-order valence-electron chi connectivity index (χ2n) is 7.47. The summed E-state index contributed by atoms with van der Waals surface area (Å²) in [7, 11) is 0. The van der Waals surface area contributed by atoms with Crippen LogP contribution in [0.25, 0.3) is 0 Å². The van der Waals surface area contributed by atoms with E-state index in [-0.39, 0.29) is 5.91 Å². The van der Waals surface area contributed by atoms with E-state index in [1.54, 1.807) is 31.2 Å². The number of rotatable bonds is 6. The lowest BCUT2D eigenvalue weighted by molar-refractivity contribution is -0.117. The van der Waals surface area contributed by atoms with Crippen LogP contribution in [-0.4, -0.2) is 46.3 Å². The molecule has 2 aromatic rings. The summed E-state index contributed by atoms with van der Waals surface area (Å²) < 4.78 is 4.99. The van der Waals surface area contributed by atoms with Gasteiger partial charge in [-0.15, -0.1) is 0 Å². The highest BCUT2D eigenvalue weighted by atomic mass is 32.2. The maximum absolute atomic E-state index is 13.1. The van der Waals surface area contributed by atoms with Crippen molar-refractivity contribution in [2.24, 2.45) is 4.99 Å². The zero-order chi connectivity index (χ0) is 21.8. The zero-order valence-corrected chi connectivity index (χ0v) is 18.0. The second kappa shape index (κ2) is 9.53. The summed E-state index contributed by atoms with van der Waals surface area (Å²) in [6.45, 7) is 2.04. The Kier molecular flexibility index (Phi) is 6.58. The molecule has 1 amide bonds. The molecule has 0 radical (unpaired) electrons. The van der Waals surface area contributed by atoms with E-state index in [1.165, 1.54) is 16.7 Å².